The molecule has 0 spiro atoms. The van der Waals surface area contributed by atoms with E-state index >= 15 is 0 Å². The standard InChI is InChI=1S/C20H25N3O2/c1-25-19-8-4-3-7-18(19)22-20(24)15-21-16-9-11-17(12-10-16)23-13-5-2-6-14-23/h3-4,7-12,21H,2,5-6,13-15H2,1H3,(H,22,24). The molecule has 1 aliphatic rings. The van der Waals surface area contributed by atoms with E-state index in [0.29, 0.717) is 11.4 Å². The van der Waals surface area contributed by atoms with Crippen LogP contribution >= 0.6 is 0 Å². The molecule has 2 aromatic rings. The van der Waals surface area contributed by atoms with Crippen LogP contribution in [-0.4, -0.2) is 32.7 Å². The third-order valence-corrected chi connectivity index (χ3v) is 4.42. The molecule has 1 amide bonds. The number of para-hydroxylation sites is 2. The molecule has 25 heavy (non-hydrogen) atoms. The second-order valence-corrected chi connectivity index (χ2v) is 6.20. The van der Waals surface area contributed by atoms with Crippen molar-refractivity contribution in [3.8, 4) is 5.75 Å². The number of piperidine rings is 1. The molecule has 0 bridgehead atoms. The Kier molecular flexibility index (Phi) is 5.77. The fourth-order valence-electron chi connectivity index (χ4n) is 3.07. The highest BCUT2D eigenvalue weighted by Gasteiger charge is 2.11. The summed E-state index contributed by atoms with van der Waals surface area (Å²) >= 11 is 0. The number of rotatable bonds is 6. The second-order valence-electron chi connectivity index (χ2n) is 6.20. The molecular weight excluding hydrogens is 314 g/mol. The van der Waals surface area contributed by atoms with Gasteiger partial charge in [0, 0.05) is 24.5 Å². The van der Waals surface area contributed by atoms with Gasteiger partial charge in [0.1, 0.15) is 5.75 Å². The van der Waals surface area contributed by atoms with Crippen molar-refractivity contribution < 1.29 is 9.53 Å². The van der Waals surface area contributed by atoms with Crippen molar-refractivity contribution in [2.75, 3.05) is 42.3 Å². The van der Waals surface area contributed by atoms with Crippen LogP contribution < -0.4 is 20.3 Å². The molecule has 5 heteroatoms. The first-order valence-corrected chi connectivity index (χ1v) is 8.78. The summed E-state index contributed by atoms with van der Waals surface area (Å²) < 4.78 is 5.24. The zero-order valence-corrected chi connectivity index (χ0v) is 14.6. The van der Waals surface area contributed by atoms with Gasteiger partial charge in [-0.15, -0.1) is 0 Å². The molecule has 3 rings (SSSR count). The molecular formula is C20H25N3O2. The quantitative estimate of drug-likeness (QED) is 0.842. The molecule has 5 nitrogen and oxygen atoms in total. The number of benzene rings is 2. The molecule has 2 aromatic carbocycles. The van der Waals surface area contributed by atoms with Crippen LogP contribution in [0, 0.1) is 0 Å². The van der Waals surface area contributed by atoms with Crippen LogP contribution in [0.1, 0.15) is 19.3 Å². The van der Waals surface area contributed by atoms with Gasteiger partial charge in [-0.3, -0.25) is 4.79 Å². The first-order valence-electron chi connectivity index (χ1n) is 8.78. The first-order chi connectivity index (χ1) is 12.3. The number of ether oxygens (including phenoxy) is 1. The third kappa shape index (κ3) is 4.66. The van der Waals surface area contributed by atoms with E-state index in [0.717, 1.165) is 18.8 Å². The highest BCUT2D eigenvalue weighted by atomic mass is 16.5. The number of amides is 1. The van der Waals surface area contributed by atoms with E-state index in [4.69, 9.17) is 4.74 Å². The number of anilines is 3. The highest BCUT2D eigenvalue weighted by molar-refractivity contribution is 5.95. The zero-order chi connectivity index (χ0) is 17.5. The summed E-state index contributed by atoms with van der Waals surface area (Å²) in [7, 11) is 1.59. The molecule has 1 fully saturated rings. The van der Waals surface area contributed by atoms with Crippen molar-refractivity contribution >= 4 is 23.0 Å². The van der Waals surface area contributed by atoms with E-state index in [1.807, 2.05) is 36.4 Å². The maximum atomic E-state index is 12.1. The summed E-state index contributed by atoms with van der Waals surface area (Å²) in [4.78, 5) is 14.5. The van der Waals surface area contributed by atoms with Crippen molar-refractivity contribution in [1.82, 2.24) is 0 Å². The Hall–Kier alpha value is -2.69. The first kappa shape index (κ1) is 17.1. The lowest BCUT2D eigenvalue weighted by Gasteiger charge is -2.28. The van der Waals surface area contributed by atoms with E-state index < -0.39 is 0 Å². The van der Waals surface area contributed by atoms with E-state index in [2.05, 4.69) is 27.7 Å². The van der Waals surface area contributed by atoms with Gasteiger partial charge in [0.25, 0.3) is 0 Å². The number of hydrogen-bond acceptors (Lipinski definition) is 4. The molecule has 0 atom stereocenters. The van der Waals surface area contributed by atoms with Crippen LogP contribution in [0.25, 0.3) is 0 Å². The topological polar surface area (TPSA) is 53.6 Å². The lowest BCUT2D eigenvalue weighted by Crippen LogP contribution is -2.29. The van der Waals surface area contributed by atoms with Gasteiger partial charge < -0.3 is 20.3 Å². The molecule has 0 saturated carbocycles. The predicted octanol–water partition coefficient (Wildman–Crippen LogP) is 3.74. The Morgan fingerprint density at radius 2 is 1.76 bits per heavy atom. The maximum absolute atomic E-state index is 12.1. The minimum absolute atomic E-state index is 0.107. The van der Waals surface area contributed by atoms with Crippen LogP contribution in [0.5, 0.6) is 5.75 Å². The molecule has 1 aliphatic heterocycles. The molecule has 0 aromatic heterocycles. The summed E-state index contributed by atoms with van der Waals surface area (Å²) in [5, 5.41) is 6.02. The summed E-state index contributed by atoms with van der Waals surface area (Å²) in [5.74, 6) is 0.548. The minimum atomic E-state index is -0.107. The minimum Gasteiger partial charge on any atom is -0.495 e. The van der Waals surface area contributed by atoms with Crippen LogP contribution in [-0.2, 0) is 4.79 Å². The molecule has 1 heterocycles. The molecule has 0 unspecified atom stereocenters. The number of nitrogens with one attached hydrogen (secondary N) is 2. The SMILES string of the molecule is COc1ccccc1NC(=O)CNc1ccc(N2CCCCC2)cc1. The Morgan fingerprint density at radius 1 is 1.04 bits per heavy atom. The van der Waals surface area contributed by atoms with Gasteiger partial charge in [-0.05, 0) is 55.7 Å². The van der Waals surface area contributed by atoms with Crippen molar-refractivity contribution in [2.45, 2.75) is 19.3 Å². The van der Waals surface area contributed by atoms with Crippen molar-refractivity contribution in [3.05, 3.63) is 48.5 Å². The van der Waals surface area contributed by atoms with Crippen LogP contribution in [0.3, 0.4) is 0 Å². The molecule has 0 radical (unpaired) electrons. The summed E-state index contributed by atoms with van der Waals surface area (Å²) in [6, 6.07) is 15.7. The van der Waals surface area contributed by atoms with Gasteiger partial charge in [-0.1, -0.05) is 12.1 Å². The van der Waals surface area contributed by atoms with E-state index in [1.54, 1.807) is 7.11 Å². The summed E-state index contributed by atoms with van der Waals surface area (Å²) in [6.07, 6.45) is 3.86. The van der Waals surface area contributed by atoms with Gasteiger partial charge in [0.05, 0.1) is 19.3 Å². The van der Waals surface area contributed by atoms with Crippen molar-refractivity contribution in [1.29, 1.82) is 0 Å². The highest BCUT2D eigenvalue weighted by Crippen LogP contribution is 2.23. The normalized spacial score (nSPS) is 14.0. The Balaban J connectivity index is 1.51. The fourth-order valence-corrected chi connectivity index (χ4v) is 3.07. The average Bonchev–Trinajstić information content (AvgIpc) is 2.68. The monoisotopic (exact) mass is 339 g/mol. The molecule has 0 aliphatic carbocycles. The molecule has 1 saturated heterocycles. The third-order valence-electron chi connectivity index (χ3n) is 4.42. The zero-order valence-electron chi connectivity index (χ0n) is 14.6. The van der Waals surface area contributed by atoms with E-state index in [9.17, 15) is 4.79 Å². The number of carbonyl (C=O) groups is 1. The predicted molar refractivity (Wildman–Crippen MR) is 103 cm³/mol. The van der Waals surface area contributed by atoms with E-state index in [-0.39, 0.29) is 12.5 Å². The van der Waals surface area contributed by atoms with E-state index in [1.165, 1.54) is 24.9 Å². The Morgan fingerprint density at radius 3 is 2.48 bits per heavy atom. The number of methoxy groups -OCH3 is 1. The van der Waals surface area contributed by atoms with Crippen molar-refractivity contribution in [2.24, 2.45) is 0 Å². The van der Waals surface area contributed by atoms with Gasteiger partial charge in [-0.25, -0.2) is 0 Å². The summed E-state index contributed by atoms with van der Waals surface area (Å²) in [6.45, 7) is 2.48. The van der Waals surface area contributed by atoms with Gasteiger partial charge in [-0.2, -0.15) is 0 Å². The van der Waals surface area contributed by atoms with Gasteiger partial charge >= 0.3 is 0 Å². The number of hydrogen-bond donors (Lipinski definition) is 2. The smallest absolute Gasteiger partial charge is 0.243 e. The lowest BCUT2D eigenvalue weighted by molar-refractivity contribution is -0.114. The number of nitrogens with zero attached hydrogens (tertiary/aromatic N) is 1. The van der Waals surface area contributed by atoms with Crippen molar-refractivity contribution in [3.63, 3.8) is 0 Å². The maximum Gasteiger partial charge on any atom is 0.243 e. The largest absolute Gasteiger partial charge is 0.495 e. The Bertz CT molecular complexity index is 694. The Labute approximate surface area is 149 Å². The molecule has 2 N–H and O–H groups in total. The molecule has 132 valence electrons. The van der Waals surface area contributed by atoms with Crippen LogP contribution in [0.2, 0.25) is 0 Å². The second kappa shape index (κ2) is 8.42. The lowest BCUT2D eigenvalue weighted by atomic mass is 10.1. The average molecular weight is 339 g/mol. The van der Waals surface area contributed by atoms with Gasteiger partial charge in [0.2, 0.25) is 5.91 Å². The fraction of sp³-hybridized carbons (Fsp3) is 0.350. The van der Waals surface area contributed by atoms with Gasteiger partial charge in [0.15, 0.2) is 0 Å². The van der Waals surface area contributed by atoms with Crippen LogP contribution in [0.15, 0.2) is 48.5 Å². The number of carbonyl (C=O) groups excluding carboxylic acids is 1. The van der Waals surface area contributed by atoms with Crippen LogP contribution in [0.4, 0.5) is 17.1 Å². The summed E-state index contributed by atoms with van der Waals surface area (Å²) in [5.41, 5.74) is 2.87.